The molecule has 138 valence electrons. The van der Waals surface area contributed by atoms with Crippen LogP contribution in [0.15, 0.2) is 41.2 Å². The lowest BCUT2D eigenvalue weighted by Crippen LogP contribution is -2.27. The number of ether oxygens (including phenoxy) is 2. The Kier molecular flexibility index (Phi) is 4.32. The molecular formula is C21H21N3O3. The molecule has 0 fully saturated rings. The van der Waals surface area contributed by atoms with Crippen molar-refractivity contribution in [1.82, 2.24) is 9.55 Å². The molecule has 0 radical (unpaired) electrons. The average molecular weight is 363 g/mol. The third kappa shape index (κ3) is 3.03. The number of anilines is 1. The van der Waals surface area contributed by atoms with Gasteiger partial charge in [0.15, 0.2) is 0 Å². The molecule has 27 heavy (non-hydrogen) atoms. The first-order valence-corrected chi connectivity index (χ1v) is 8.84. The molecule has 2 heterocycles. The summed E-state index contributed by atoms with van der Waals surface area (Å²) in [5.74, 6) is 2.14. The van der Waals surface area contributed by atoms with Crippen LogP contribution < -0.4 is 20.8 Å². The predicted molar refractivity (Wildman–Crippen MR) is 107 cm³/mol. The van der Waals surface area contributed by atoms with Crippen molar-refractivity contribution in [2.24, 2.45) is 0 Å². The van der Waals surface area contributed by atoms with Gasteiger partial charge >= 0.3 is 0 Å². The van der Waals surface area contributed by atoms with Crippen molar-refractivity contribution >= 4 is 28.2 Å². The number of hydrogen-bond acceptors (Lipinski definition) is 5. The average Bonchev–Trinajstić information content (AvgIpc) is 2.69. The number of nitrogens with zero attached hydrogens (tertiary/aromatic N) is 2. The first-order valence-electron chi connectivity index (χ1n) is 8.84. The Labute approximate surface area is 156 Å². The van der Waals surface area contributed by atoms with Crippen LogP contribution in [0.1, 0.15) is 24.2 Å². The third-order valence-corrected chi connectivity index (χ3v) is 4.86. The highest BCUT2D eigenvalue weighted by molar-refractivity contribution is 5.86. The molecule has 0 saturated heterocycles. The summed E-state index contributed by atoms with van der Waals surface area (Å²) in [7, 11) is 3.25. The van der Waals surface area contributed by atoms with Crippen molar-refractivity contribution < 1.29 is 9.47 Å². The molecule has 2 N–H and O–H groups in total. The standard InChI is InChI=1S/C21H21N3O3/c1-26-16-7-5-13(19(12-16)27-2)10-14-4-3-9-24-20(14)23-18-11-15(22)6-8-17(18)21(24)25/h5-8,10-12H,3-4,9,22H2,1-2H3/b14-10+. The molecule has 0 atom stereocenters. The first-order chi connectivity index (χ1) is 13.1. The topological polar surface area (TPSA) is 79.4 Å². The molecule has 4 rings (SSSR count). The number of rotatable bonds is 3. The minimum Gasteiger partial charge on any atom is -0.497 e. The van der Waals surface area contributed by atoms with Gasteiger partial charge in [0.1, 0.15) is 17.3 Å². The summed E-state index contributed by atoms with van der Waals surface area (Å²) < 4.78 is 12.5. The summed E-state index contributed by atoms with van der Waals surface area (Å²) in [4.78, 5) is 17.7. The molecule has 0 bridgehead atoms. The van der Waals surface area contributed by atoms with Crippen LogP contribution >= 0.6 is 0 Å². The van der Waals surface area contributed by atoms with Crippen LogP contribution in [-0.4, -0.2) is 23.8 Å². The van der Waals surface area contributed by atoms with E-state index in [4.69, 9.17) is 20.2 Å². The van der Waals surface area contributed by atoms with Crippen LogP contribution in [0.3, 0.4) is 0 Å². The quantitative estimate of drug-likeness (QED) is 0.722. The SMILES string of the molecule is COc1ccc(/C=C2\CCCn3c2nc2cc(N)ccc2c3=O)c(OC)c1. The highest BCUT2D eigenvalue weighted by Gasteiger charge is 2.19. The van der Waals surface area contributed by atoms with Gasteiger partial charge in [-0.25, -0.2) is 4.98 Å². The van der Waals surface area contributed by atoms with Gasteiger partial charge in [0.2, 0.25) is 0 Å². The summed E-state index contributed by atoms with van der Waals surface area (Å²) in [6, 6.07) is 10.9. The molecule has 0 saturated carbocycles. The van der Waals surface area contributed by atoms with Crippen molar-refractivity contribution in [3.8, 4) is 11.5 Å². The Bertz CT molecular complexity index is 1120. The molecule has 3 aromatic rings. The lowest BCUT2D eigenvalue weighted by Gasteiger charge is -2.21. The Morgan fingerprint density at radius 1 is 1.15 bits per heavy atom. The molecule has 1 aromatic heterocycles. The van der Waals surface area contributed by atoms with Gasteiger partial charge in [-0.2, -0.15) is 0 Å². The number of nitrogens with two attached hydrogens (primary N) is 1. The summed E-state index contributed by atoms with van der Waals surface area (Å²) in [6.45, 7) is 0.665. The van der Waals surface area contributed by atoms with E-state index >= 15 is 0 Å². The summed E-state index contributed by atoms with van der Waals surface area (Å²) in [5.41, 5.74) is 9.00. The van der Waals surface area contributed by atoms with Crippen LogP contribution in [-0.2, 0) is 6.54 Å². The fourth-order valence-electron chi connectivity index (χ4n) is 3.49. The fraction of sp³-hybridized carbons (Fsp3) is 0.238. The van der Waals surface area contributed by atoms with E-state index in [9.17, 15) is 4.79 Å². The first kappa shape index (κ1) is 17.1. The van der Waals surface area contributed by atoms with Crippen molar-refractivity contribution in [2.45, 2.75) is 19.4 Å². The molecule has 0 amide bonds. The normalized spacial score (nSPS) is 15.0. The van der Waals surface area contributed by atoms with E-state index in [0.717, 1.165) is 29.7 Å². The Hall–Kier alpha value is -3.28. The zero-order valence-electron chi connectivity index (χ0n) is 15.4. The summed E-state index contributed by atoms with van der Waals surface area (Å²) in [5, 5.41) is 0.594. The molecule has 6 nitrogen and oxygen atoms in total. The largest absolute Gasteiger partial charge is 0.497 e. The van der Waals surface area contributed by atoms with Crippen LogP contribution in [0.4, 0.5) is 5.69 Å². The van der Waals surface area contributed by atoms with E-state index in [0.29, 0.717) is 34.7 Å². The zero-order valence-corrected chi connectivity index (χ0v) is 15.4. The third-order valence-electron chi connectivity index (χ3n) is 4.86. The lowest BCUT2D eigenvalue weighted by molar-refractivity contribution is 0.393. The summed E-state index contributed by atoms with van der Waals surface area (Å²) >= 11 is 0. The van der Waals surface area contributed by atoms with Crippen LogP contribution in [0.25, 0.3) is 22.6 Å². The highest BCUT2D eigenvalue weighted by Crippen LogP contribution is 2.32. The van der Waals surface area contributed by atoms with Gasteiger partial charge in [-0.05, 0) is 54.8 Å². The number of aromatic nitrogens is 2. The smallest absolute Gasteiger partial charge is 0.261 e. The highest BCUT2D eigenvalue weighted by atomic mass is 16.5. The Morgan fingerprint density at radius 3 is 2.78 bits per heavy atom. The van der Waals surface area contributed by atoms with E-state index < -0.39 is 0 Å². The molecule has 2 aromatic carbocycles. The van der Waals surface area contributed by atoms with Gasteiger partial charge in [0.05, 0.1) is 25.1 Å². The number of fused-ring (bicyclic) bond motifs is 2. The lowest BCUT2D eigenvalue weighted by atomic mass is 10.0. The molecule has 6 heteroatoms. The van der Waals surface area contributed by atoms with Gasteiger partial charge in [0, 0.05) is 23.9 Å². The van der Waals surface area contributed by atoms with Crippen LogP contribution in [0.5, 0.6) is 11.5 Å². The summed E-state index contributed by atoms with van der Waals surface area (Å²) in [6.07, 6.45) is 3.77. The van der Waals surface area contributed by atoms with E-state index in [-0.39, 0.29) is 5.56 Å². The molecule has 0 aliphatic carbocycles. The number of allylic oxidation sites excluding steroid dienone is 1. The van der Waals surface area contributed by atoms with Gasteiger partial charge in [-0.3, -0.25) is 9.36 Å². The van der Waals surface area contributed by atoms with Crippen molar-refractivity contribution in [3.63, 3.8) is 0 Å². The number of benzene rings is 2. The molecule has 0 unspecified atom stereocenters. The number of hydrogen-bond donors (Lipinski definition) is 1. The minimum absolute atomic E-state index is 0.0257. The zero-order chi connectivity index (χ0) is 19.0. The van der Waals surface area contributed by atoms with E-state index in [1.165, 1.54) is 0 Å². The Morgan fingerprint density at radius 2 is 2.00 bits per heavy atom. The molecular weight excluding hydrogens is 342 g/mol. The predicted octanol–water partition coefficient (Wildman–Crippen LogP) is 3.33. The molecule has 1 aliphatic rings. The van der Waals surface area contributed by atoms with Gasteiger partial charge < -0.3 is 15.2 Å². The fourth-order valence-corrected chi connectivity index (χ4v) is 3.49. The minimum atomic E-state index is -0.0257. The van der Waals surface area contributed by atoms with Crippen LogP contribution in [0.2, 0.25) is 0 Å². The maximum atomic E-state index is 12.9. The van der Waals surface area contributed by atoms with E-state index in [2.05, 4.69) is 0 Å². The van der Waals surface area contributed by atoms with Crippen molar-refractivity contribution in [1.29, 1.82) is 0 Å². The maximum Gasteiger partial charge on any atom is 0.261 e. The second-order valence-electron chi connectivity index (χ2n) is 6.55. The van der Waals surface area contributed by atoms with Gasteiger partial charge in [0.25, 0.3) is 5.56 Å². The second kappa shape index (κ2) is 6.79. The van der Waals surface area contributed by atoms with Crippen molar-refractivity contribution in [2.75, 3.05) is 20.0 Å². The van der Waals surface area contributed by atoms with Crippen molar-refractivity contribution in [3.05, 3.63) is 58.1 Å². The van der Waals surface area contributed by atoms with Gasteiger partial charge in [-0.1, -0.05) is 0 Å². The monoisotopic (exact) mass is 363 g/mol. The second-order valence-corrected chi connectivity index (χ2v) is 6.55. The van der Waals surface area contributed by atoms with Gasteiger partial charge in [-0.15, -0.1) is 0 Å². The maximum absolute atomic E-state index is 12.9. The van der Waals surface area contributed by atoms with Crippen LogP contribution in [0, 0.1) is 0 Å². The Balaban J connectivity index is 1.90. The molecule has 1 aliphatic heterocycles. The molecule has 0 spiro atoms. The number of methoxy groups -OCH3 is 2. The van der Waals surface area contributed by atoms with E-state index in [1.54, 1.807) is 37.0 Å². The van der Waals surface area contributed by atoms with E-state index in [1.807, 2.05) is 24.3 Å². The number of nitrogen functional groups attached to an aromatic ring is 1.